The largest absolute Gasteiger partial charge is 0.340 e. The second-order valence-corrected chi connectivity index (χ2v) is 5.14. The van der Waals surface area contributed by atoms with Gasteiger partial charge in [0.05, 0.1) is 6.10 Å². The Labute approximate surface area is 120 Å². The predicted octanol–water partition coefficient (Wildman–Crippen LogP) is 3.97. The van der Waals surface area contributed by atoms with Crippen LogP contribution in [0.1, 0.15) is 25.8 Å². The predicted molar refractivity (Wildman–Crippen MR) is 73.2 cm³/mol. The van der Waals surface area contributed by atoms with Crippen LogP contribution in [0.3, 0.4) is 0 Å². The summed E-state index contributed by atoms with van der Waals surface area (Å²) in [6.45, 7) is 3.34. The maximum Gasteiger partial charge on any atom is 0.233 e. The van der Waals surface area contributed by atoms with E-state index in [-0.39, 0.29) is 29.2 Å². The first kappa shape index (κ1) is 15.5. The number of carbonyl (C=O) groups is 1. The number of rotatable bonds is 4. The molecule has 2 nitrogen and oxygen atoms in total. The van der Waals surface area contributed by atoms with Gasteiger partial charge in [-0.3, -0.25) is 4.79 Å². The number of benzene rings is 1. The van der Waals surface area contributed by atoms with Crippen molar-refractivity contribution >= 4 is 11.9 Å². The molecule has 0 saturated heterocycles. The molecular formula is C16H15F3O2. The maximum atomic E-state index is 14.5. The van der Waals surface area contributed by atoms with E-state index >= 15 is 0 Å². The van der Waals surface area contributed by atoms with Crippen LogP contribution < -0.4 is 0 Å². The Bertz CT molecular complexity index is 620. The van der Waals surface area contributed by atoms with E-state index in [1.165, 1.54) is 6.08 Å². The Kier molecular flexibility index (Phi) is 4.32. The number of ether oxygens (including phenoxy) is 1. The van der Waals surface area contributed by atoms with E-state index in [1.54, 1.807) is 13.8 Å². The lowest BCUT2D eigenvalue weighted by Gasteiger charge is -2.28. The molecule has 0 N–H and O–H groups in total. The van der Waals surface area contributed by atoms with Gasteiger partial charge in [-0.2, -0.15) is 0 Å². The summed E-state index contributed by atoms with van der Waals surface area (Å²) in [7, 11) is 0. The van der Waals surface area contributed by atoms with Gasteiger partial charge in [0.1, 0.15) is 17.9 Å². The molecule has 1 aliphatic rings. The Morgan fingerprint density at radius 3 is 2.67 bits per heavy atom. The number of carbonyl (C=O) groups excluding carboxylic acids is 1. The van der Waals surface area contributed by atoms with Gasteiger partial charge in [-0.15, -0.1) is 0 Å². The van der Waals surface area contributed by atoms with Gasteiger partial charge in [0.15, 0.2) is 0 Å². The SMILES string of the molecule is CC(C)OC1(F)C=CC(c2cc(F)ccc2F)=C(C=O)C1. The van der Waals surface area contributed by atoms with Crippen LogP contribution in [0, 0.1) is 11.6 Å². The average molecular weight is 296 g/mol. The van der Waals surface area contributed by atoms with Crippen molar-refractivity contribution in [2.75, 3.05) is 0 Å². The van der Waals surface area contributed by atoms with Gasteiger partial charge in [0.25, 0.3) is 0 Å². The monoisotopic (exact) mass is 296 g/mol. The summed E-state index contributed by atoms with van der Waals surface area (Å²) >= 11 is 0. The van der Waals surface area contributed by atoms with Crippen molar-refractivity contribution in [2.24, 2.45) is 0 Å². The van der Waals surface area contributed by atoms with Crippen LogP contribution in [0.25, 0.3) is 5.57 Å². The molecule has 1 aliphatic carbocycles. The van der Waals surface area contributed by atoms with E-state index in [1.807, 2.05) is 0 Å². The minimum absolute atomic E-state index is 0.0325. The molecule has 0 amide bonds. The quantitative estimate of drug-likeness (QED) is 0.786. The van der Waals surface area contributed by atoms with Crippen molar-refractivity contribution in [2.45, 2.75) is 32.2 Å². The van der Waals surface area contributed by atoms with Crippen molar-refractivity contribution in [1.29, 1.82) is 0 Å². The summed E-state index contributed by atoms with van der Waals surface area (Å²) in [6, 6.07) is 2.93. The summed E-state index contributed by atoms with van der Waals surface area (Å²) in [5.74, 6) is -3.42. The summed E-state index contributed by atoms with van der Waals surface area (Å²) in [4.78, 5) is 11.2. The van der Waals surface area contributed by atoms with Gasteiger partial charge >= 0.3 is 0 Å². The zero-order chi connectivity index (χ0) is 15.6. The van der Waals surface area contributed by atoms with Crippen molar-refractivity contribution in [3.63, 3.8) is 0 Å². The summed E-state index contributed by atoms with van der Waals surface area (Å²) in [5.41, 5.74) is 0.132. The molecule has 21 heavy (non-hydrogen) atoms. The molecule has 2 rings (SSSR count). The van der Waals surface area contributed by atoms with E-state index in [9.17, 15) is 18.0 Å². The van der Waals surface area contributed by atoms with Crippen LogP contribution in [0.15, 0.2) is 35.9 Å². The third-order valence-corrected chi connectivity index (χ3v) is 3.07. The van der Waals surface area contributed by atoms with Gasteiger partial charge in [-0.05, 0) is 43.7 Å². The zero-order valence-electron chi connectivity index (χ0n) is 11.7. The molecule has 0 radical (unpaired) electrons. The fraction of sp³-hybridized carbons (Fsp3) is 0.312. The first-order chi connectivity index (χ1) is 9.84. The first-order valence-corrected chi connectivity index (χ1v) is 6.54. The number of hydrogen-bond donors (Lipinski definition) is 0. The maximum absolute atomic E-state index is 14.5. The van der Waals surface area contributed by atoms with Crippen LogP contribution in [-0.2, 0) is 9.53 Å². The first-order valence-electron chi connectivity index (χ1n) is 6.54. The van der Waals surface area contributed by atoms with E-state index < -0.39 is 17.5 Å². The fourth-order valence-electron chi connectivity index (χ4n) is 2.27. The molecule has 0 saturated carbocycles. The summed E-state index contributed by atoms with van der Waals surface area (Å²) in [5, 5.41) is 0. The normalized spacial score (nSPS) is 22.0. The number of aldehydes is 1. The van der Waals surface area contributed by atoms with Crippen molar-refractivity contribution in [3.05, 3.63) is 53.1 Å². The Morgan fingerprint density at radius 1 is 1.33 bits per heavy atom. The Balaban J connectivity index is 2.43. The lowest BCUT2D eigenvalue weighted by molar-refractivity contribution is -0.135. The van der Waals surface area contributed by atoms with Crippen LogP contribution in [0.5, 0.6) is 0 Å². The van der Waals surface area contributed by atoms with Crippen molar-refractivity contribution in [1.82, 2.24) is 0 Å². The number of hydrogen-bond acceptors (Lipinski definition) is 2. The number of allylic oxidation sites excluding steroid dienone is 2. The standard InChI is InChI=1S/C16H15F3O2/c1-10(2)21-16(19)6-5-13(11(8-16)9-20)14-7-12(17)3-4-15(14)18/h3-7,9-10H,8H2,1-2H3. The highest BCUT2D eigenvalue weighted by atomic mass is 19.2. The van der Waals surface area contributed by atoms with E-state index in [2.05, 4.69) is 0 Å². The van der Waals surface area contributed by atoms with Crippen molar-refractivity contribution < 1.29 is 22.7 Å². The smallest absolute Gasteiger partial charge is 0.233 e. The zero-order valence-corrected chi connectivity index (χ0v) is 11.7. The van der Waals surface area contributed by atoms with E-state index in [4.69, 9.17) is 4.74 Å². The Morgan fingerprint density at radius 2 is 2.05 bits per heavy atom. The fourth-order valence-corrected chi connectivity index (χ4v) is 2.27. The minimum atomic E-state index is -2.11. The molecule has 1 unspecified atom stereocenters. The Hall–Kier alpha value is -1.88. The number of halogens is 3. The molecule has 1 aromatic carbocycles. The molecular weight excluding hydrogens is 281 g/mol. The van der Waals surface area contributed by atoms with Crippen LogP contribution >= 0.6 is 0 Å². The summed E-state index contributed by atoms with van der Waals surface area (Å²) < 4.78 is 46.6. The third kappa shape index (κ3) is 3.42. The minimum Gasteiger partial charge on any atom is -0.340 e. The van der Waals surface area contributed by atoms with Gasteiger partial charge in [-0.25, -0.2) is 13.2 Å². The van der Waals surface area contributed by atoms with E-state index in [0.29, 0.717) is 6.29 Å². The lowest BCUT2D eigenvalue weighted by Crippen LogP contribution is -2.30. The van der Waals surface area contributed by atoms with Gasteiger partial charge < -0.3 is 4.74 Å². The molecule has 1 atom stereocenters. The van der Waals surface area contributed by atoms with Crippen LogP contribution in [-0.4, -0.2) is 18.2 Å². The van der Waals surface area contributed by atoms with Gasteiger partial charge in [0, 0.05) is 17.6 Å². The molecule has 1 aromatic rings. The molecule has 0 heterocycles. The molecule has 0 fully saturated rings. The highest BCUT2D eigenvalue weighted by Gasteiger charge is 2.34. The van der Waals surface area contributed by atoms with Gasteiger partial charge in [-0.1, -0.05) is 6.08 Å². The number of alkyl halides is 1. The molecule has 5 heteroatoms. The third-order valence-electron chi connectivity index (χ3n) is 3.07. The molecule has 0 spiro atoms. The molecule has 0 bridgehead atoms. The lowest BCUT2D eigenvalue weighted by atomic mass is 9.90. The second-order valence-electron chi connectivity index (χ2n) is 5.14. The van der Waals surface area contributed by atoms with Crippen LogP contribution in [0.4, 0.5) is 13.2 Å². The topological polar surface area (TPSA) is 26.3 Å². The van der Waals surface area contributed by atoms with Gasteiger partial charge in [0.2, 0.25) is 5.85 Å². The van der Waals surface area contributed by atoms with E-state index in [0.717, 1.165) is 24.3 Å². The average Bonchev–Trinajstić information content (AvgIpc) is 2.40. The molecule has 0 aromatic heterocycles. The molecule has 112 valence electrons. The van der Waals surface area contributed by atoms with Crippen LogP contribution in [0.2, 0.25) is 0 Å². The van der Waals surface area contributed by atoms with Crippen molar-refractivity contribution in [3.8, 4) is 0 Å². The highest BCUT2D eigenvalue weighted by molar-refractivity contribution is 5.93. The second kappa shape index (κ2) is 5.85. The summed E-state index contributed by atoms with van der Waals surface area (Å²) in [6.07, 6.45) is 2.12. The highest BCUT2D eigenvalue weighted by Crippen LogP contribution is 2.36. The molecule has 0 aliphatic heterocycles.